The number of hydrogen-bond donors (Lipinski definition) is 2. The first-order valence-corrected chi connectivity index (χ1v) is 8.59. The SMILES string of the molecule is CCOc1cccc(NC(=S)NC(=O)c2ccc(C)c(I)c2)c1. The van der Waals surface area contributed by atoms with Crippen LogP contribution in [0.25, 0.3) is 0 Å². The number of halogens is 1. The number of rotatable bonds is 4. The molecule has 0 unspecified atom stereocenters. The molecule has 0 heterocycles. The van der Waals surface area contributed by atoms with Gasteiger partial charge in [-0.2, -0.15) is 0 Å². The summed E-state index contributed by atoms with van der Waals surface area (Å²) in [5.41, 5.74) is 2.47. The van der Waals surface area contributed by atoms with Gasteiger partial charge < -0.3 is 10.1 Å². The van der Waals surface area contributed by atoms with Crippen LogP contribution in [0, 0.1) is 10.5 Å². The van der Waals surface area contributed by atoms with E-state index < -0.39 is 0 Å². The van der Waals surface area contributed by atoms with Crippen molar-refractivity contribution >= 4 is 51.5 Å². The fourth-order valence-electron chi connectivity index (χ4n) is 1.90. The number of benzene rings is 2. The van der Waals surface area contributed by atoms with Crippen LogP contribution in [0.15, 0.2) is 42.5 Å². The number of ether oxygens (including phenoxy) is 1. The number of nitrogens with one attached hydrogen (secondary N) is 2. The Hall–Kier alpha value is -1.67. The van der Waals surface area contributed by atoms with E-state index in [4.69, 9.17) is 17.0 Å². The molecule has 2 N–H and O–H groups in total. The standard InChI is InChI=1S/C17H17IN2O2S/c1-3-22-14-6-4-5-13(10-14)19-17(23)20-16(21)12-8-7-11(2)15(18)9-12/h4-10H,3H2,1-2H3,(H2,19,20,21,23). The number of amides is 1. The van der Waals surface area contributed by atoms with E-state index in [0.29, 0.717) is 12.2 Å². The average molecular weight is 440 g/mol. The van der Waals surface area contributed by atoms with Gasteiger partial charge in [-0.05, 0) is 78.5 Å². The highest BCUT2D eigenvalue weighted by Crippen LogP contribution is 2.17. The third-order valence-electron chi connectivity index (χ3n) is 3.06. The van der Waals surface area contributed by atoms with Gasteiger partial charge in [0, 0.05) is 20.9 Å². The second-order valence-corrected chi connectivity index (χ2v) is 6.40. The molecule has 120 valence electrons. The Morgan fingerprint density at radius 3 is 2.74 bits per heavy atom. The Bertz CT molecular complexity index is 734. The molecule has 1 amide bonds. The van der Waals surface area contributed by atoms with E-state index in [1.807, 2.05) is 50.2 Å². The summed E-state index contributed by atoms with van der Waals surface area (Å²) in [7, 11) is 0. The largest absolute Gasteiger partial charge is 0.494 e. The second kappa shape index (κ2) is 8.26. The van der Waals surface area contributed by atoms with E-state index in [9.17, 15) is 4.79 Å². The van der Waals surface area contributed by atoms with Crippen LogP contribution in [0.1, 0.15) is 22.8 Å². The van der Waals surface area contributed by atoms with Crippen LogP contribution in [-0.2, 0) is 0 Å². The van der Waals surface area contributed by atoms with Crippen molar-refractivity contribution in [3.8, 4) is 5.75 Å². The number of aryl methyl sites for hydroxylation is 1. The van der Waals surface area contributed by atoms with Crippen LogP contribution in [-0.4, -0.2) is 17.6 Å². The number of hydrogen-bond acceptors (Lipinski definition) is 3. The average Bonchev–Trinajstić information content (AvgIpc) is 2.50. The summed E-state index contributed by atoms with van der Waals surface area (Å²) in [4.78, 5) is 12.2. The minimum Gasteiger partial charge on any atom is -0.494 e. The van der Waals surface area contributed by atoms with Crippen molar-refractivity contribution in [3.05, 3.63) is 57.2 Å². The molecule has 0 saturated heterocycles. The first-order valence-electron chi connectivity index (χ1n) is 7.11. The van der Waals surface area contributed by atoms with E-state index in [1.54, 1.807) is 6.07 Å². The summed E-state index contributed by atoms with van der Waals surface area (Å²) in [6.07, 6.45) is 0. The summed E-state index contributed by atoms with van der Waals surface area (Å²) >= 11 is 7.40. The molecule has 0 fully saturated rings. The lowest BCUT2D eigenvalue weighted by atomic mass is 10.1. The summed E-state index contributed by atoms with van der Waals surface area (Å²) in [5.74, 6) is 0.515. The van der Waals surface area contributed by atoms with Crippen LogP contribution in [0.2, 0.25) is 0 Å². The molecule has 4 nitrogen and oxygen atoms in total. The van der Waals surface area contributed by atoms with Crippen molar-refractivity contribution in [2.75, 3.05) is 11.9 Å². The highest BCUT2D eigenvalue weighted by atomic mass is 127. The molecule has 0 spiro atoms. The molecule has 0 saturated carbocycles. The lowest BCUT2D eigenvalue weighted by molar-refractivity contribution is 0.0977. The van der Waals surface area contributed by atoms with Gasteiger partial charge in [0.2, 0.25) is 0 Å². The van der Waals surface area contributed by atoms with Crippen molar-refractivity contribution in [2.24, 2.45) is 0 Å². The molecule has 0 radical (unpaired) electrons. The maximum atomic E-state index is 12.2. The Morgan fingerprint density at radius 2 is 2.04 bits per heavy atom. The van der Waals surface area contributed by atoms with Crippen LogP contribution in [0.5, 0.6) is 5.75 Å². The summed E-state index contributed by atoms with van der Waals surface area (Å²) in [6, 6.07) is 12.9. The number of carbonyl (C=O) groups is 1. The van der Waals surface area contributed by atoms with Crippen molar-refractivity contribution < 1.29 is 9.53 Å². The molecule has 0 aromatic heterocycles. The Labute approximate surface area is 154 Å². The predicted octanol–water partition coefficient (Wildman–Crippen LogP) is 4.13. The van der Waals surface area contributed by atoms with Crippen molar-refractivity contribution in [2.45, 2.75) is 13.8 Å². The summed E-state index contributed by atoms with van der Waals surface area (Å²) < 4.78 is 6.47. The van der Waals surface area contributed by atoms with E-state index >= 15 is 0 Å². The molecule has 0 bridgehead atoms. The van der Waals surface area contributed by atoms with E-state index in [2.05, 4.69) is 33.2 Å². The molecule has 0 atom stereocenters. The number of carbonyl (C=O) groups excluding carboxylic acids is 1. The van der Waals surface area contributed by atoms with Gasteiger partial charge in [0.05, 0.1) is 6.61 Å². The third kappa shape index (κ3) is 5.18. The van der Waals surface area contributed by atoms with Crippen LogP contribution < -0.4 is 15.4 Å². The van der Waals surface area contributed by atoms with Crippen molar-refractivity contribution in [1.29, 1.82) is 0 Å². The highest BCUT2D eigenvalue weighted by molar-refractivity contribution is 14.1. The van der Waals surface area contributed by atoms with Gasteiger partial charge in [0.25, 0.3) is 5.91 Å². The topological polar surface area (TPSA) is 50.4 Å². The van der Waals surface area contributed by atoms with Gasteiger partial charge in [-0.25, -0.2) is 0 Å². The molecule has 6 heteroatoms. The zero-order valence-corrected chi connectivity index (χ0v) is 15.8. The van der Waals surface area contributed by atoms with Crippen molar-refractivity contribution in [1.82, 2.24) is 5.32 Å². The lowest BCUT2D eigenvalue weighted by Gasteiger charge is -2.11. The van der Waals surface area contributed by atoms with Crippen LogP contribution in [0.3, 0.4) is 0 Å². The van der Waals surface area contributed by atoms with Gasteiger partial charge in [-0.1, -0.05) is 12.1 Å². The monoisotopic (exact) mass is 440 g/mol. The molecule has 0 aliphatic heterocycles. The maximum Gasteiger partial charge on any atom is 0.257 e. The number of thiocarbonyl (C=S) groups is 1. The Kier molecular flexibility index (Phi) is 6.35. The van der Waals surface area contributed by atoms with Crippen LogP contribution in [0.4, 0.5) is 5.69 Å². The minimum absolute atomic E-state index is 0.235. The molecule has 2 aromatic rings. The molecule has 23 heavy (non-hydrogen) atoms. The highest BCUT2D eigenvalue weighted by Gasteiger charge is 2.09. The van der Waals surface area contributed by atoms with E-state index in [1.165, 1.54) is 0 Å². The molecule has 0 aliphatic rings. The molecule has 2 aromatic carbocycles. The Morgan fingerprint density at radius 1 is 1.26 bits per heavy atom. The third-order valence-corrected chi connectivity index (χ3v) is 4.43. The quantitative estimate of drug-likeness (QED) is 0.555. The van der Waals surface area contributed by atoms with Crippen molar-refractivity contribution in [3.63, 3.8) is 0 Å². The Balaban J connectivity index is 2.00. The van der Waals surface area contributed by atoms with Gasteiger partial charge in [-0.3, -0.25) is 10.1 Å². The van der Waals surface area contributed by atoms with Gasteiger partial charge in [-0.15, -0.1) is 0 Å². The van der Waals surface area contributed by atoms with Crippen LogP contribution >= 0.6 is 34.8 Å². The molecular formula is C17H17IN2O2S. The zero-order valence-electron chi connectivity index (χ0n) is 12.9. The second-order valence-electron chi connectivity index (χ2n) is 4.83. The first kappa shape index (κ1) is 17.7. The lowest BCUT2D eigenvalue weighted by Crippen LogP contribution is -2.34. The summed E-state index contributed by atoms with van der Waals surface area (Å²) in [6.45, 7) is 4.52. The fraction of sp³-hybridized carbons (Fsp3) is 0.176. The predicted molar refractivity (Wildman–Crippen MR) is 105 cm³/mol. The van der Waals surface area contributed by atoms with E-state index in [0.717, 1.165) is 20.6 Å². The van der Waals surface area contributed by atoms with Gasteiger partial charge in [0.15, 0.2) is 5.11 Å². The molecule has 2 rings (SSSR count). The first-order chi connectivity index (χ1) is 11.0. The molecular weight excluding hydrogens is 423 g/mol. The van der Waals surface area contributed by atoms with Gasteiger partial charge >= 0.3 is 0 Å². The minimum atomic E-state index is -0.235. The maximum absolute atomic E-state index is 12.2. The fourth-order valence-corrected chi connectivity index (χ4v) is 2.63. The zero-order chi connectivity index (χ0) is 16.8. The molecule has 0 aliphatic carbocycles. The normalized spacial score (nSPS) is 10.0. The van der Waals surface area contributed by atoms with E-state index in [-0.39, 0.29) is 11.0 Å². The number of anilines is 1. The smallest absolute Gasteiger partial charge is 0.257 e. The summed E-state index contributed by atoms with van der Waals surface area (Å²) in [5, 5.41) is 5.91. The van der Waals surface area contributed by atoms with Gasteiger partial charge in [0.1, 0.15) is 5.75 Å².